The smallest absolute Gasteiger partial charge is 0.259 e. The molecule has 0 spiro atoms. The van der Waals surface area contributed by atoms with Crippen molar-refractivity contribution in [2.24, 2.45) is 0 Å². The van der Waals surface area contributed by atoms with E-state index in [9.17, 15) is 4.79 Å². The van der Waals surface area contributed by atoms with Crippen LogP contribution >= 0.6 is 34.4 Å². The number of nitrogens with one attached hydrogen (secondary N) is 1. The molecule has 138 valence electrons. The maximum absolute atomic E-state index is 12.6. The van der Waals surface area contributed by atoms with Crippen molar-refractivity contribution in [3.63, 3.8) is 0 Å². The highest BCUT2D eigenvalue weighted by Gasteiger charge is 2.11. The maximum Gasteiger partial charge on any atom is 0.259 e. The van der Waals surface area contributed by atoms with Crippen LogP contribution in [0.15, 0.2) is 69.8 Å². The summed E-state index contributed by atoms with van der Waals surface area (Å²) in [5.41, 5.74) is 2.57. The molecule has 1 N–H and O–H groups in total. The van der Waals surface area contributed by atoms with E-state index < -0.39 is 0 Å². The highest BCUT2D eigenvalue weighted by molar-refractivity contribution is 8.00. The van der Waals surface area contributed by atoms with Crippen molar-refractivity contribution in [3.8, 4) is 0 Å². The molecule has 0 saturated carbocycles. The number of anilines is 2. The van der Waals surface area contributed by atoms with Crippen molar-refractivity contribution in [3.05, 3.63) is 76.7 Å². The van der Waals surface area contributed by atoms with Crippen LogP contribution in [0.3, 0.4) is 0 Å². The zero-order valence-electron chi connectivity index (χ0n) is 14.4. The van der Waals surface area contributed by atoms with Gasteiger partial charge in [0.25, 0.3) is 5.56 Å². The van der Waals surface area contributed by atoms with Crippen LogP contribution in [0.1, 0.15) is 5.69 Å². The molecule has 0 amide bonds. The Morgan fingerprint density at radius 3 is 2.71 bits per heavy atom. The molecule has 0 aliphatic rings. The van der Waals surface area contributed by atoms with Gasteiger partial charge < -0.3 is 5.32 Å². The molecule has 0 unspecified atom stereocenters. The number of hydrogen-bond donors (Lipinski definition) is 1. The summed E-state index contributed by atoms with van der Waals surface area (Å²) in [5.74, 6) is 0.569. The number of benzene rings is 2. The molecule has 9 heteroatoms. The molecule has 3 heterocycles. The molecule has 2 aromatic carbocycles. The Bertz CT molecular complexity index is 1330. The van der Waals surface area contributed by atoms with Gasteiger partial charge in [-0.2, -0.15) is 0 Å². The predicted octanol–water partition coefficient (Wildman–Crippen LogP) is 4.80. The number of thiazole rings is 1. The molecule has 28 heavy (non-hydrogen) atoms. The first-order valence-corrected chi connectivity index (χ1v) is 11.1. The minimum atomic E-state index is -0.0539. The van der Waals surface area contributed by atoms with E-state index in [-0.39, 0.29) is 5.56 Å². The first-order valence-electron chi connectivity index (χ1n) is 8.45. The van der Waals surface area contributed by atoms with Crippen LogP contribution in [-0.2, 0) is 5.75 Å². The van der Waals surface area contributed by atoms with Gasteiger partial charge in [-0.15, -0.1) is 10.2 Å². The molecule has 0 aliphatic heterocycles. The average Bonchev–Trinajstić information content (AvgIpc) is 3.31. The van der Waals surface area contributed by atoms with Crippen molar-refractivity contribution >= 4 is 60.4 Å². The molecule has 0 saturated heterocycles. The van der Waals surface area contributed by atoms with Crippen molar-refractivity contribution in [1.29, 1.82) is 0 Å². The van der Waals surface area contributed by atoms with Crippen LogP contribution in [0.4, 0.5) is 10.8 Å². The van der Waals surface area contributed by atoms with E-state index in [0.717, 1.165) is 31.1 Å². The Morgan fingerprint density at radius 2 is 1.82 bits per heavy atom. The molecule has 6 nitrogen and oxygen atoms in total. The van der Waals surface area contributed by atoms with Gasteiger partial charge in [-0.3, -0.25) is 9.20 Å². The van der Waals surface area contributed by atoms with Gasteiger partial charge in [0, 0.05) is 17.5 Å². The summed E-state index contributed by atoms with van der Waals surface area (Å²) in [6, 6.07) is 19.3. The lowest BCUT2D eigenvalue weighted by atomic mass is 10.3. The van der Waals surface area contributed by atoms with Gasteiger partial charge >= 0.3 is 0 Å². The Hall–Kier alpha value is -2.75. The standard InChI is InChI=1S/C19H13N5OS3/c25-16-10-13(21-18-24(16)14-8-4-5-9-15(14)27-18)11-26-19-23-22-17(28-19)20-12-6-2-1-3-7-12/h1-10H,11H2,(H,20,22). The van der Waals surface area contributed by atoms with Gasteiger partial charge in [-0.1, -0.05) is 64.8 Å². The second-order valence-corrected chi connectivity index (χ2v) is 9.14. The summed E-state index contributed by atoms with van der Waals surface area (Å²) < 4.78 is 3.55. The van der Waals surface area contributed by atoms with Crippen LogP contribution in [0.5, 0.6) is 0 Å². The number of para-hydroxylation sites is 2. The summed E-state index contributed by atoms with van der Waals surface area (Å²) in [5, 5.41) is 12.4. The van der Waals surface area contributed by atoms with E-state index in [1.807, 2.05) is 54.6 Å². The fourth-order valence-electron chi connectivity index (χ4n) is 2.80. The Balaban J connectivity index is 1.35. The number of rotatable bonds is 5. The second kappa shape index (κ2) is 7.34. The lowest BCUT2D eigenvalue weighted by Crippen LogP contribution is -2.13. The second-order valence-electron chi connectivity index (χ2n) is 5.93. The molecule has 0 fully saturated rings. The number of aromatic nitrogens is 4. The Kier molecular flexibility index (Phi) is 4.55. The largest absolute Gasteiger partial charge is 0.330 e. The Labute approximate surface area is 171 Å². The molecule has 5 rings (SSSR count). The zero-order chi connectivity index (χ0) is 18.9. The summed E-state index contributed by atoms with van der Waals surface area (Å²) in [7, 11) is 0. The van der Waals surface area contributed by atoms with E-state index in [2.05, 4.69) is 20.5 Å². The fourth-order valence-corrected chi connectivity index (χ4v) is 5.51. The predicted molar refractivity (Wildman–Crippen MR) is 116 cm³/mol. The summed E-state index contributed by atoms with van der Waals surface area (Å²) in [4.78, 5) is 18.0. The Morgan fingerprint density at radius 1 is 1.00 bits per heavy atom. The lowest BCUT2D eigenvalue weighted by molar-refractivity contribution is 1.01. The van der Waals surface area contributed by atoms with E-state index in [4.69, 9.17) is 0 Å². The van der Waals surface area contributed by atoms with Gasteiger partial charge in [0.15, 0.2) is 9.30 Å². The van der Waals surface area contributed by atoms with Crippen molar-refractivity contribution in [1.82, 2.24) is 19.6 Å². The monoisotopic (exact) mass is 423 g/mol. The first kappa shape index (κ1) is 17.4. The summed E-state index contributed by atoms with van der Waals surface area (Å²) in [6.07, 6.45) is 0. The van der Waals surface area contributed by atoms with E-state index in [0.29, 0.717) is 10.7 Å². The minimum absolute atomic E-state index is 0.0539. The normalized spacial score (nSPS) is 11.3. The molecule has 0 aliphatic carbocycles. The number of hydrogen-bond acceptors (Lipinski definition) is 8. The van der Waals surface area contributed by atoms with Gasteiger partial charge in [0.05, 0.1) is 15.9 Å². The first-order chi connectivity index (χ1) is 13.8. The molecule has 0 bridgehead atoms. The average molecular weight is 424 g/mol. The number of thioether (sulfide) groups is 1. The van der Waals surface area contributed by atoms with Crippen LogP contribution in [0.2, 0.25) is 0 Å². The van der Waals surface area contributed by atoms with Crippen molar-refractivity contribution < 1.29 is 0 Å². The third-order valence-corrected chi connectivity index (χ3v) is 7.05. The van der Waals surface area contributed by atoms with E-state index >= 15 is 0 Å². The van der Waals surface area contributed by atoms with Crippen LogP contribution in [-0.4, -0.2) is 19.6 Å². The van der Waals surface area contributed by atoms with Gasteiger partial charge in [0.2, 0.25) is 5.13 Å². The van der Waals surface area contributed by atoms with E-state index in [1.54, 1.807) is 10.5 Å². The topological polar surface area (TPSA) is 72.2 Å². The zero-order valence-corrected chi connectivity index (χ0v) is 16.9. The number of nitrogens with zero attached hydrogens (tertiary/aromatic N) is 4. The van der Waals surface area contributed by atoms with Crippen LogP contribution in [0, 0.1) is 0 Å². The van der Waals surface area contributed by atoms with Crippen LogP contribution < -0.4 is 10.9 Å². The summed E-state index contributed by atoms with van der Waals surface area (Å²) >= 11 is 4.53. The highest BCUT2D eigenvalue weighted by atomic mass is 32.2. The molecule has 5 aromatic rings. The maximum atomic E-state index is 12.6. The van der Waals surface area contributed by atoms with Crippen molar-refractivity contribution in [2.45, 2.75) is 10.1 Å². The number of fused-ring (bicyclic) bond motifs is 3. The quantitative estimate of drug-likeness (QED) is 0.410. The third kappa shape index (κ3) is 3.39. The van der Waals surface area contributed by atoms with Gasteiger partial charge in [0.1, 0.15) is 0 Å². The third-order valence-electron chi connectivity index (χ3n) is 4.02. The highest BCUT2D eigenvalue weighted by Crippen LogP contribution is 2.30. The molecule has 0 atom stereocenters. The lowest BCUT2D eigenvalue weighted by Gasteiger charge is -2.00. The fraction of sp³-hybridized carbons (Fsp3) is 0.0526. The van der Waals surface area contributed by atoms with Gasteiger partial charge in [-0.25, -0.2) is 4.98 Å². The summed E-state index contributed by atoms with van der Waals surface area (Å²) in [6.45, 7) is 0. The van der Waals surface area contributed by atoms with Crippen LogP contribution in [0.25, 0.3) is 15.2 Å². The molecular formula is C19H13N5OS3. The molecular weight excluding hydrogens is 410 g/mol. The SMILES string of the molecule is O=c1cc(CSc2nnc(Nc3ccccc3)s2)nc2sc3ccccc3n12. The molecule has 0 radical (unpaired) electrons. The minimum Gasteiger partial charge on any atom is -0.330 e. The van der Waals surface area contributed by atoms with Crippen molar-refractivity contribution in [2.75, 3.05) is 5.32 Å². The van der Waals surface area contributed by atoms with Gasteiger partial charge in [-0.05, 0) is 24.3 Å². The molecule has 3 aromatic heterocycles. The van der Waals surface area contributed by atoms with E-state index in [1.165, 1.54) is 34.4 Å².